The number of aromatic amines is 1. The SMILES string of the molecule is COc1ccc2c3c([nH]c2c1)[C@@H](CO)N(C(=O)C1CCOCC1)CC31CN(S(C)(=O)=O)C1. The van der Waals surface area contributed by atoms with Gasteiger partial charge in [-0.1, -0.05) is 0 Å². The van der Waals surface area contributed by atoms with Crippen LogP contribution in [0.25, 0.3) is 10.9 Å². The monoisotopic (exact) mass is 463 g/mol. The minimum atomic E-state index is -3.33. The fourth-order valence-electron chi connectivity index (χ4n) is 5.54. The number of hydrogen-bond acceptors (Lipinski definition) is 6. The first-order chi connectivity index (χ1) is 15.3. The molecule has 5 rings (SSSR count). The molecule has 3 aliphatic heterocycles. The highest BCUT2D eigenvalue weighted by Crippen LogP contribution is 2.49. The second-order valence-corrected chi connectivity index (χ2v) is 11.2. The third-order valence-electron chi connectivity index (χ3n) is 7.20. The van der Waals surface area contributed by atoms with Crippen molar-refractivity contribution in [3.8, 4) is 5.75 Å². The van der Waals surface area contributed by atoms with Gasteiger partial charge >= 0.3 is 0 Å². The number of amides is 1. The number of aliphatic hydroxyl groups is 1. The second kappa shape index (κ2) is 7.72. The van der Waals surface area contributed by atoms with E-state index in [-0.39, 0.29) is 18.4 Å². The van der Waals surface area contributed by atoms with Crippen LogP contribution >= 0.6 is 0 Å². The van der Waals surface area contributed by atoms with E-state index in [1.807, 2.05) is 18.2 Å². The molecule has 4 heterocycles. The van der Waals surface area contributed by atoms with E-state index >= 15 is 0 Å². The molecule has 0 saturated carbocycles. The van der Waals surface area contributed by atoms with Crippen molar-refractivity contribution in [1.82, 2.24) is 14.2 Å². The van der Waals surface area contributed by atoms with Gasteiger partial charge in [-0.25, -0.2) is 12.7 Å². The molecular weight excluding hydrogens is 434 g/mol. The van der Waals surface area contributed by atoms with Crippen LogP contribution in [0.4, 0.5) is 0 Å². The molecule has 2 fully saturated rings. The Morgan fingerprint density at radius 1 is 1.28 bits per heavy atom. The van der Waals surface area contributed by atoms with Gasteiger partial charge in [0, 0.05) is 66.8 Å². The predicted molar refractivity (Wildman–Crippen MR) is 118 cm³/mol. The van der Waals surface area contributed by atoms with Crippen molar-refractivity contribution in [3.05, 3.63) is 29.5 Å². The number of aliphatic hydroxyl groups excluding tert-OH is 1. The van der Waals surface area contributed by atoms with Crippen LogP contribution in [0.2, 0.25) is 0 Å². The lowest BCUT2D eigenvalue weighted by molar-refractivity contribution is -0.145. The Hall–Kier alpha value is -2.14. The molecule has 2 saturated heterocycles. The van der Waals surface area contributed by atoms with Crippen molar-refractivity contribution in [3.63, 3.8) is 0 Å². The molecule has 1 amide bonds. The highest BCUT2D eigenvalue weighted by Gasteiger charge is 2.56. The van der Waals surface area contributed by atoms with Crippen LogP contribution in [0, 0.1) is 5.92 Å². The zero-order valence-electron chi connectivity index (χ0n) is 18.3. The third kappa shape index (κ3) is 3.32. The van der Waals surface area contributed by atoms with Gasteiger partial charge in [0.1, 0.15) is 5.75 Å². The van der Waals surface area contributed by atoms with Crippen molar-refractivity contribution in [2.45, 2.75) is 24.3 Å². The number of hydrogen-bond donors (Lipinski definition) is 2. The molecule has 0 radical (unpaired) electrons. The molecule has 1 aromatic carbocycles. The first-order valence-corrected chi connectivity index (χ1v) is 12.8. The number of nitrogens with zero attached hydrogens (tertiary/aromatic N) is 2. The van der Waals surface area contributed by atoms with Crippen LogP contribution in [0.15, 0.2) is 18.2 Å². The number of benzene rings is 1. The zero-order chi connectivity index (χ0) is 22.7. The highest BCUT2D eigenvalue weighted by atomic mass is 32.2. The Bertz CT molecular complexity index is 1150. The topological polar surface area (TPSA) is 112 Å². The molecule has 0 unspecified atom stereocenters. The molecule has 1 atom stereocenters. The van der Waals surface area contributed by atoms with Crippen LogP contribution in [-0.2, 0) is 25.0 Å². The Morgan fingerprint density at radius 2 is 2.00 bits per heavy atom. The number of aromatic nitrogens is 1. The number of rotatable bonds is 4. The number of carbonyl (C=O) groups excluding carboxylic acids is 1. The summed E-state index contributed by atoms with van der Waals surface area (Å²) in [6.07, 6.45) is 2.53. The van der Waals surface area contributed by atoms with Gasteiger partial charge in [-0.2, -0.15) is 0 Å². The molecule has 174 valence electrons. The minimum Gasteiger partial charge on any atom is -0.497 e. The summed E-state index contributed by atoms with van der Waals surface area (Å²) in [4.78, 5) is 18.7. The number of fused-ring (bicyclic) bond motifs is 4. The smallest absolute Gasteiger partial charge is 0.226 e. The normalized spacial score (nSPS) is 23.8. The summed E-state index contributed by atoms with van der Waals surface area (Å²) in [5, 5.41) is 11.3. The van der Waals surface area contributed by atoms with Gasteiger partial charge in [-0.05, 0) is 30.5 Å². The molecule has 3 aliphatic rings. The van der Waals surface area contributed by atoms with E-state index in [1.54, 1.807) is 12.0 Å². The average molecular weight is 464 g/mol. The number of nitrogens with one attached hydrogen (secondary N) is 1. The Labute approximate surface area is 187 Å². The lowest BCUT2D eigenvalue weighted by Gasteiger charge is -2.55. The maximum atomic E-state index is 13.5. The first kappa shape index (κ1) is 21.7. The fraction of sp³-hybridized carbons (Fsp3) is 0.591. The molecular formula is C22H29N3O6S. The third-order valence-corrected chi connectivity index (χ3v) is 8.40. The molecule has 1 aromatic heterocycles. The zero-order valence-corrected chi connectivity index (χ0v) is 19.2. The van der Waals surface area contributed by atoms with Crippen LogP contribution in [0.1, 0.15) is 30.1 Å². The number of methoxy groups -OCH3 is 1. The summed E-state index contributed by atoms with van der Waals surface area (Å²) in [5.74, 6) is 0.561. The largest absolute Gasteiger partial charge is 0.497 e. The molecule has 0 aliphatic carbocycles. The Kier molecular flexibility index (Phi) is 5.23. The predicted octanol–water partition coefficient (Wildman–Crippen LogP) is 0.992. The molecule has 9 nitrogen and oxygen atoms in total. The maximum Gasteiger partial charge on any atom is 0.226 e. The van der Waals surface area contributed by atoms with Gasteiger partial charge in [0.25, 0.3) is 0 Å². The van der Waals surface area contributed by atoms with E-state index in [4.69, 9.17) is 9.47 Å². The minimum absolute atomic E-state index is 0.00594. The quantitative estimate of drug-likeness (QED) is 0.700. The molecule has 2 N–H and O–H groups in total. The van der Waals surface area contributed by atoms with E-state index in [0.717, 1.165) is 22.2 Å². The summed E-state index contributed by atoms with van der Waals surface area (Å²) in [5.41, 5.74) is 2.13. The number of carbonyl (C=O) groups is 1. The lowest BCUT2D eigenvalue weighted by atomic mass is 9.69. The Balaban J connectivity index is 1.62. The van der Waals surface area contributed by atoms with Gasteiger partial charge in [0.2, 0.25) is 15.9 Å². The van der Waals surface area contributed by atoms with Gasteiger partial charge in [-0.3, -0.25) is 4.79 Å². The summed E-state index contributed by atoms with van der Waals surface area (Å²) in [7, 11) is -1.73. The molecule has 1 spiro atoms. The van der Waals surface area contributed by atoms with E-state index in [2.05, 4.69) is 4.98 Å². The molecule has 10 heteroatoms. The van der Waals surface area contributed by atoms with Crippen molar-refractivity contribution in [2.24, 2.45) is 5.92 Å². The average Bonchev–Trinajstić information content (AvgIpc) is 3.14. The van der Waals surface area contributed by atoms with Crippen LogP contribution in [-0.4, -0.2) is 86.4 Å². The standard InChI is InChI=1S/C22H29N3O6S/c1-30-15-3-4-16-17(9-15)23-20-18(10-26)25(21(27)14-5-7-31-8-6-14)13-22(19(16)20)11-24(12-22)32(2,28)29/h3-4,9,14,18,23,26H,5-8,10-13H2,1-2H3/t18-/m1/s1. The summed E-state index contributed by atoms with van der Waals surface area (Å²) in [6, 6.07) is 5.24. The van der Waals surface area contributed by atoms with E-state index < -0.39 is 21.5 Å². The van der Waals surface area contributed by atoms with E-state index in [1.165, 1.54) is 10.6 Å². The molecule has 32 heavy (non-hydrogen) atoms. The lowest BCUT2D eigenvalue weighted by Crippen LogP contribution is -2.68. The Morgan fingerprint density at radius 3 is 2.62 bits per heavy atom. The van der Waals surface area contributed by atoms with E-state index in [9.17, 15) is 18.3 Å². The van der Waals surface area contributed by atoms with Gasteiger partial charge in [0.05, 0.1) is 26.0 Å². The van der Waals surface area contributed by atoms with Crippen molar-refractivity contribution >= 4 is 26.8 Å². The maximum absolute atomic E-state index is 13.5. The number of ether oxygens (including phenoxy) is 2. The second-order valence-electron chi connectivity index (χ2n) is 9.19. The fourth-order valence-corrected chi connectivity index (χ4v) is 6.50. The van der Waals surface area contributed by atoms with Crippen LogP contribution in [0.3, 0.4) is 0 Å². The molecule has 0 bridgehead atoms. The summed E-state index contributed by atoms with van der Waals surface area (Å²) < 4.78 is 36.6. The van der Waals surface area contributed by atoms with Gasteiger partial charge in [-0.15, -0.1) is 0 Å². The van der Waals surface area contributed by atoms with Crippen LogP contribution in [0.5, 0.6) is 5.75 Å². The number of sulfonamides is 1. The summed E-state index contributed by atoms with van der Waals surface area (Å²) >= 11 is 0. The van der Waals surface area contributed by atoms with Crippen molar-refractivity contribution < 1.29 is 27.8 Å². The van der Waals surface area contributed by atoms with Gasteiger partial charge in [0.15, 0.2) is 0 Å². The van der Waals surface area contributed by atoms with Crippen molar-refractivity contribution in [1.29, 1.82) is 0 Å². The van der Waals surface area contributed by atoms with Gasteiger partial charge < -0.3 is 24.5 Å². The highest BCUT2D eigenvalue weighted by molar-refractivity contribution is 7.88. The molecule has 2 aromatic rings. The first-order valence-electron chi connectivity index (χ1n) is 10.9. The number of H-pyrrole nitrogens is 1. The van der Waals surface area contributed by atoms with Crippen molar-refractivity contribution in [2.75, 3.05) is 52.8 Å². The summed E-state index contributed by atoms with van der Waals surface area (Å²) in [6.45, 7) is 1.90. The van der Waals surface area contributed by atoms with Crippen LogP contribution < -0.4 is 4.74 Å². The van der Waals surface area contributed by atoms with E-state index in [0.29, 0.717) is 51.4 Å².